The number of nitrogens with one attached hydrogen (secondary N) is 1. The Balaban J connectivity index is 1.80. The second-order valence-electron chi connectivity index (χ2n) is 5.40. The van der Waals surface area contributed by atoms with Gasteiger partial charge in [-0.3, -0.25) is 9.59 Å². The Hall–Kier alpha value is -1.55. The summed E-state index contributed by atoms with van der Waals surface area (Å²) in [6, 6.07) is 7.86. The number of benzene rings is 1. The Morgan fingerprint density at radius 2 is 2.00 bits per heavy atom. The molecule has 21 heavy (non-hydrogen) atoms. The van der Waals surface area contributed by atoms with Crippen LogP contribution in [0.1, 0.15) is 37.2 Å². The first-order valence-corrected chi connectivity index (χ1v) is 7.71. The zero-order valence-corrected chi connectivity index (χ0v) is 13.0. The summed E-state index contributed by atoms with van der Waals surface area (Å²) in [5, 5.41) is 3.30. The Morgan fingerprint density at radius 3 is 2.67 bits per heavy atom. The lowest BCUT2D eigenvalue weighted by molar-refractivity contribution is -0.130. The van der Waals surface area contributed by atoms with Gasteiger partial charge in [-0.2, -0.15) is 0 Å². The molecule has 1 atom stereocenters. The SMILES string of the molecule is CNC(=O)CCCC(=O)N1CCC(c2ccc(Cl)cc2)C1. The van der Waals surface area contributed by atoms with Gasteiger partial charge in [-0.15, -0.1) is 0 Å². The number of nitrogens with zero attached hydrogens (tertiary/aromatic N) is 1. The number of hydrogen-bond donors (Lipinski definition) is 1. The topological polar surface area (TPSA) is 49.4 Å². The first-order chi connectivity index (χ1) is 10.1. The van der Waals surface area contributed by atoms with Crippen LogP contribution in [0.2, 0.25) is 5.02 Å². The van der Waals surface area contributed by atoms with Crippen molar-refractivity contribution < 1.29 is 9.59 Å². The molecule has 5 heteroatoms. The Morgan fingerprint density at radius 1 is 1.29 bits per heavy atom. The zero-order chi connectivity index (χ0) is 15.2. The molecule has 1 unspecified atom stereocenters. The number of amides is 2. The molecule has 4 nitrogen and oxygen atoms in total. The second kappa shape index (κ2) is 7.46. The monoisotopic (exact) mass is 308 g/mol. The highest BCUT2D eigenvalue weighted by molar-refractivity contribution is 6.30. The van der Waals surface area contributed by atoms with Crippen LogP contribution in [0.15, 0.2) is 24.3 Å². The molecule has 1 aliphatic rings. The van der Waals surface area contributed by atoms with Crippen LogP contribution in [0.5, 0.6) is 0 Å². The smallest absolute Gasteiger partial charge is 0.222 e. The average Bonchev–Trinajstić information content (AvgIpc) is 2.97. The van der Waals surface area contributed by atoms with Crippen molar-refractivity contribution in [1.29, 1.82) is 0 Å². The summed E-state index contributed by atoms with van der Waals surface area (Å²) >= 11 is 5.89. The van der Waals surface area contributed by atoms with E-state index in [1.807, 2.05) is 29.2 Å². The summed E-state index contributed by atoms with van der Waals surface area (Å²) < 4.78 is 0. The van der Waals surface area contributed by atoms with Crippen molar-refractivity contribution >= 4 is 23.4 Å². The van der Waals surface area contributed by atoms with Crippen molar-refractivity contribution in [3.8, 4) is 0 Å². The number of carbonyl (C=O) groups is 2. The molecule has 1 heterocycles. The molecule has 1 saturated heterocycles. The highest BCUT2D eigenvalue weighted by atomic mass is 35.5. The maximum absolute atomic E-state index is 12.1. The largest absolute Gasteiger partial charge is 0.359 e. The van der Waals surface area contributed by atoms with Gasteiger partial charge < -0.3 is 10.2 Å². The van der Waals surface area contributed by atoms with Gasteiger partial charge in [-0.1, -0.05) is 23.7 Å². The minimum absolute atomic E-state index is 0.0109. The molecule has 2 amide bonds. The van der Waals surface area contributed by atoms with Crippen LogP contribution in [0.25, 0.3) is 0 Å². The molecule has 1 aromatic carbocycles. The third kappa shape index (κ3) is 4.46. The minimum Gasteiger partial charge on any atom is -0.359 e. The molecule has 114 valence electrons. The quantitative estimate of drug-likeness (QED) is 0.909. The number of carbonyl (C=O) groups excluding carboxylic acids is 2. The molecule has 0 saturated carbocycles. The molecule has 0 aromatic heterocycles. The van der Waals surface area contributed by atoms with Crippen LogP contribution in [0, 0.1) is 0 Å². The lowest BCUT2D eigenvalue weighted by Crippen LogP contribution is -2.28. The van der Waals surface area contributed by atoms with E-state index in [0.29, 0.717) is 25.2 Å². The summed E-state index contributed by atoms with van der Waals surface area (Å²) in [6.45, 7) is 1.56. The minimum atomic E-state index is -0.0109. The molecule has 0 bridgehead atoms. The predicted molar refractivity (Wildman–Crippen MR) is 83.3 cm³/mol. The summed E-state index contributed by atoms with van der Waals surface area (Å²) in [5.41, 5.74) is 1.24. The number of hydrogen-bond acceptors (Lipinski definition) is 2. The summed E-state index contributed by atoms with van der Waals surface area (Å²) in [6.07, 6.45) is 2.46. The van der Waals surface area contributed by atoms with E-state index < -0.39 is 0 Å². The summed E-state index contributed by atoms with van der Waals surface area (Å²) in [7, 11) is 1.61. The van der Waals surface area contributed by atoms with Crippen LogP contribution >= 0.6 is 11.6 Å². The van der Waals surface area contributed by atoms with Gasteiger partial charge in [0.15, 0.2) is 0 Å². The zero-order valence-electron chi connectivity index (χ0n) is 12.3. The maximum Gasteiger partial charge on any atom is 0.222 e. The van der Waals surface area contributed by atoms with Crippen molar-refractivity contribution in [1.82, 2.24) is 10.2 Å². The van der Waals surface area contributed by atoms with E-state index in [1.54, 1.807) is 7.05 Å². The Kier molecular flexibility index (Phi) is 5.62. The van der Waals surface area contributed by atoms with Gasteiger partial charge in [0.25, 0.3) is 0 Å². The molecule has 0 radical (unpaired) electrons. The third-order valence-electron chi connectivity index (χ3n) is 3.96. The van der Waals surface area contributed by atoms with Crippen molar-refractivity contribution in [2.24, 2.45) is 0 Å². The first-order valence-electron chi connectivity index (χ1n) is 7.34. The second-order valence-corrected chi connectivity index (χ2v) is 5.84. The van der Waals surface area contributed by atoms with E-state index in [9.17, 15) is 9.59 Å². The Labute approximate surface area is 130 Å². The van der Waals surface area contributed by atoms with Crippen molar-refractivity contribution in [3.63, 3.8) is 0 Å². The van der Waals surface area contributed by atoms with Gasteiger partial charge in [-0.05, 0) is 30.5 Å². The molecule has 2 rings (SSSR count). The lowest BCUT2D eigenvalue weighted by Gasteiger charge is -2.16. The summed E-state index contributed by atoms with van der Waals surface area (Å²) in [5.74, 6) is 0.531. The van der Waals surface area contributed by atoms with Gasteiger partial charge in [0.05, 0.1) is 0 Å². The van der Waals surface area contributed by atoms with E-state index in [0.717, 1.165) is 24.5 Å². The van der Waals surface area contributed by atoms with Crippen LogP contribution < -0.4 is 5.32 Å². The van der Waals surface area contributed by atoms with Crippen molar-refractivity contribution in [3.05, 3.63) is 34.9 Å². The normalized spacial score (nSPS) is 17.8. The molecule has 0 aliphatic carbocycles. The lowest BCUT2D eigenvalue weighted by atomic mass is 9.99. The first kappa shape index (κ1) is 15.8. The van der Waals surface area contributed by atoms with Crippen LogP contribution in [-0.4, -0.2) is 36.9 Å². The van der Waals surface area contributed by atoms with E-state index >= 15 is 0 Å². The molecule has 1 fully saturated rings. The predicted octanol–water partition coefficient (Wildman–Crippen LogP) is 2.57. The van der Waals surface area contributed by atoms with Crippen LogP contribution in [0.3, 0.4) is 0 Å². The third-order valence-corrected chi connectivity index (χ3v) is 4.21. The highest BCUT2D eigenvalue weighted by Crippen LogP contribution is 2.28. The van der Waals surface area contributed by atoms with Gasteiger partial charge in [0.2, 0.25) is 11.8 Å². The molecule has 1 aliphatic heterocycles. The van der Waals surface area contributed by atoms with Crippen molar-refractivity contribution in [2.75, 3.05) is 20.1 Å². The summed E-state index contributed by atoms with van der Waals surface area (Å²) in [4.78, 5) is 25.2. The molecule has 1 aromatic rings. The fraction of sp³-hybridized carbons (Fsp3) is 0.500. The van der Waals surface area contributed by atoms with E-state index in [1.165, 1.54) is 5.56 Å². The van der Waals surface area contributed by atoms with E-state index in [-0.39, 0.29) is 11.8 Å². The fourth-order valence-corrected chi connectivity index (χ4v) is 2.80. The fourth-order valence-electron chi connectivity index (χ4n) is 2.68. The van der Waals surface area contributed by atoms with Gasteiger partial charge in [-0.25, -0.2) is 0 Å². The van der Waals surface area contributed by atoms with Crippen LogP contribution in [-0.2, 0) is 9.59 Å². The van der Waals surface area contributed by atoms with E-state index in [2.05, 4.69) is 5.32 Å². The average molecular weight is 309 g/mol. The standard InChI is InChI=1S/C16H21ClN2O2/c1-18-15(20)3-2-4-16(21)19-10-9-13(11-19)12-5-7-14(17)8-6-12/h5-8,13H,2-4,9-11H2,1H3,(H,18,20). The number of rotatable bonds is 5. The number of likely N-dealkylation sites (tertiary alicyclic amines) is 1. The van der Waals surface area contributed by atoms with Crippen LogP contribution in [0.4, 0.5) is 0 Å². The molecular weight excluding hydrogens is 288 g/mol. The molecule has 1 N–H and O–H groups in total. The van der Waals surface area contributed by atoms with E-state index in [4.69, 9.17) is 11.6 Å². The Bertz CT molecular complexity index is 502. The number of halogens is 1. The molecular formula is C16H21ClN2O2. The maximum atomic E-state index is 12.1. The van der Waals surface area contributed by atoms with Crippen molar-refractivity contribution in [2.45, 2.75) is 31.6 Å². The van der Waals surface area contributed by atoms with Gasteiger partial charge in [0, 0.05) is 43.9 Å². The molecule has 0 spiro atoms. The van der Waals surface area contributed by atoms with Gasteiger partial charge in [0.1, 0.15) is 0 Å². The highest BCUT2D eigenvalue weighted by Gasteiger charge is 2.26. The van der Waals surface area contributed by atoms with Gasteiger partial charge >= 0.3 is 0 Å².